The summed E-state index contributed by atoms with van der Waals surface area (Å²) in [5.74, 6) is 0. The van der Waals surface area contributed by atoms with E-state index >= 15 is 0 Å². The van der Waals surface area contributed by atoms with Gasteiger partial charge in [-0.2, -0.15) is 0 Å². The van der Waals surface area contributed by atoms with E-state index in [1.165, 1.54) is 16.7 Å². The Bertz CT molecular complexity index is 382. The number of hydrogen-bond acceptors (Lipinski definition) is 1. The first-order chi connectivity index (χ1) is 8.00. The van der Waals surface area contributed by atoms with Crippen LogP contribution in [0.1, 0.15) is 42.4 Å². The average Bonchev–Trinajstić information content (AvgIpc) is 2.23. The fourth-order valence-electron chi connectivity index (χ4n) is 2.96. The second-order valence-corrected chi connectivity index (χ2v) is 5.55. The Kier molecular flexibility index (Phi) is 3.53. The molecule has 2 N–H and O–H groups in total. The van der Waals surface area contributed by atoms with Gasteiger partial charge in [-0.25, -0.2) is 4.39 Å². The molecule has 1 aliphatic rings. The second-order valence-electron chi connectivity index (χ2n) is 5.55. The summed E-state index contributed by atoms with van der Waals surface area (Å²) in [7, 11) is 0. The van der Waals surface area contributed by atoms with E-state index in [-0.39, 0.29) is 6.04 Å². The van der Waals surface area contributed by atoms with Crippen molar-refractivity contribution in [1.29, 1.82) is 0 Å². The van der Waals surface area contributed by atoms with E-state index in [4.69, 9.17) is 5.73 Å². The van der Waals surface area contributed by atoms with Crippen LogP contribution >= 0.6 is 0 Å². The number of halogens is 1. The van der Waals surface area contributed by atoms with Crippen LogP contribution in [0.15, 0.2) is 18.2 Å². The van der Waals surface area contributed by atoms with Gasteiger partial charge in [0.2, 0.25) is 0 Å². The van der Waals surface area contributed by atoms with Crippen LogP contribution in [0.2, 0.25) is 0 Å². The van der Waals surface area contributed by atoms with Gasteiger partial charge in [-0.05, 0) is 56.2 Å². The molecule has 17 heavy (non-hydrogen) atoms. The summed E-state index contributed by atoms with van der Waals surface area (Å²) in [5, 5.41) is 0. The summed E-state index contributed by atoms with van der Waals surface area (Å²) >= 11 is 0. The van der Waals surface area contributed by atoms with Crippen LogP contribution in [0.5, 0.6) is 0 Å². The highest BCUT2D eigenvalue weighted by Crippen LogP contribution is 2.35. The van der Waals surface area contributed by atoms with Gasteiger partial charge in [0.1, 0.15) is 5.67 Å². The molecule has 1 aromatic rings. The number of benzene rings is 1. The van der Waals surface area contributed by atoms with E-state index in [1.807, 2.05) is 6.07 Å². The first-order valence-electron chi connectivity index (χ1n) is 6.50. The third-order valence-corrected chi connectivity index (χ3v) is 3.97. The van der Waals surface area contributed by atoms with Gasteiger partial charge >= 0.3 is 0 Å². The van der Waals surface area contributed by atoms with E-state index in [2.05, 4.69) is 26.0 Å². The van der Waals surface area contributed by atoms with Crippen molar-refractivity contribution in [1.82, 2.24) is 0 Å². The molecule has 1 nitrogen and oxygen atoms in total. The molecule has 2 atom stereocenters. The SMILES string of the molecule is Cc1cccc(C)c1CC1(F)CCCC(N)C1. The highest BCUT2D eigenvalue weighted by Gasteiger charge is 2.35. The Labute approximate surface area is 103 Å². The Morgan fingerprint density at radius 3 is 2.59 bits per heavy atom. The maximum absolute atomic E-state index is 14.8. The van der Waals surface area contributed by atoms with E-state index < -0.39 is 5.67 Å². The second kappa shape index (κ2) is 4.77. The van der Waals surface area contributed by atoms with Gasteiger partial charge in [-0.15, -0.1) is 0 Å². The van der Waals surface area contributed by atoms with Gasteiger partial charge < -0.3 is 5.73 Å². The van der Waals surface area contributed by atoms with Crippen molar-refractivity contribution in [2.24, 2.45) is 5.73 Å². The van der Waals surface area contributed by atoms with Gasteiger partial charge in [-0.3, -0.25) is 0 Å². The Balaban J connectivity index is 2.19. The molecule has 0 saturated heterocycles. The Morgan fingerprint density at radius 2 is 2.00 bits per heavy atom. The number of rotatable bonds is 2. The van der Waals surface area contributed by atoms with E-state index in [1.54, 1.807) is 0 Å². The fraction of sp³-hybridized carbons (Fsp3) is 0.600. The molecule has 0 radical (unpaired) electrons. The number of alkyl halides is 1. The topological polar surface area (TPSA) is 26.0 Å². The largest absolute Gasteiger partial charge is 0.328 e. The van der Waals surface area contributed by atoms with E-state index in [0.29, 0.717) is 19.3 Å². The predicted octanol–water partition coefficient (Wildman–Crippen LogP) is 3.46. The van der Waals surface area contributed by atoms with E-state index in [9.17, 15) is 4.39 Å². The van der Waals surface area contributed by atoms with Crippen molar-refractivity contribution in [3.05, 3.63) is 34.9 Å². The van der Waals surface area contributed by atoms with Crippen molar-refractivity contribution >= 4 is 0 Å². The molecule has 1 saturated carbocycles. The molecule has 1 aromatic carbocycles. The van der Waals surface area contributed by atoms with Gasteiger partial charge in [0.05, 0.1) is 0 Å². The van der Waals surface area contributed by atoms with Gasteiger partial charge in [0.15, 0.2) is 0 Å². The fourth-order valence-corrected chi connectivity index (χ4v) is 2.96. The van der Waals surface area contributed by atoms with Crippen LogP contribution in [0, 0.1) is 13.8 Å². The molecule has 1 aliphatic carbocycles. The number of aryl methyl sites for hydroxylation is 2. The van der Waals surface area contributed by atoms with Crippen LogP contribution in [-0.2, 0) is 6.42 Å². The van der Waals surface area contributed by atoms with Crippen molar-refractivity contribution < 1.29 is 4.39 Å². The highest BCUT2D eigenvalue weighted by molar-refractivity contribution is 5.34. The third-order valence-electron chi connectivity index (χ3n) is 3.97. The van der Waals surface area contributed by atoms with Crippen molar-refractivity contribution in [3.8, 4) is 0 Å². The van der Waals surface area contributed by atoms with Crippen molar-refractivity contribution in [2.45, 2.75) is 57.7 Å². The average molecular weight is 235 g/mol. The summed E-state index contributed by atoms with van der Waals surface area (Å²) in [5.41, 5.74) is 8.37. The quantitative estimate of drug-likeness (QED) is 0.834. The van der Waals surface area contributed by atoms with Gasteiger partial charge in [-0.1, -0.05) is 18.2 Å². The maximum atomic E-state index is 14.8. The minimum atomic E-state index is -1.09. The van der Waals surface area contributed by atoms with E-state index in [0.717, 1.165) is 12.8 Å². The molecule has 2 heteroatoms. The first kappa shape index (κ1) is 12.6. The molecule has 94 valence electrons. The summed E-state index contributed by atoms with van der Waals surface area (Å²) in [4.78, 5) is 0. The maximum Gasteiger partial charge on any atom is 0.116 e. The van der Waals surface area contributed by atoms with Crippen LogP contribution in [0.3, 0.4) is 0 Å². The molecule has 0 bridgehead atoms. The lowest BCUT2D eigenvalue weighted by atomic mass is 9.78. The molecule has 1 fully saturated rings. The summed E-state index contributed by atoms with van der Waals surface area (Å²) < 4.78 is 14.8. The Morgan fingerprint density at radius 1 is 1.35 bits per heavy atom. The van der Waals surface area contributed by atoms with Crippen LogP contribution in [0.4, 0.5) is 4.39 Å². The molecule has 0 aliphatic heterocycles. The number of nitrogens with two attached hydrogens (primary N) is 1. The zero-order valence-corrected chi connectivity index (χ0v) is 10.8. The van der Waals surface area contributed by atoms with Crippen LogP contribution in [0.25, 0.3) is 0 Å². The normalized spacial score (nSPS) is 29.3. The lowest BCUT2D eigenvalue weighted by molar-refractivity contribution is 0.0961. The highest BCUT2D eigenvalue weighted by atomic mass is 19.1. The zero-order chi connectivity index (χ0) is 12.5. The first-order valence-corrected chi connectivity index (χ1v) is 6.50. The molecule has 0 amide bonds. The predicted molar refractivity (Wildman–Crippen MR) is 69.9 cm³/mol. The molecule has 2 rings (SSSR count). The Hall–Kier alpha value is -0.890. The molecule has 2 unspecified atom stereocenters. The van der Waals surface area contributed by atoms with Gasteiger partial charge in [0, 0.05) is 12.5 Å². The summed E-state index contributed by atoms with van der Waals surface area (Å²) in [6, 6.07) is 6.20. The molecular weight excluding hydrogens is 213 g/mol. The minimum Gasteiger partial charge on any atom is -0.328 e. The number of hydrogen-bond donors (Lipinski definition) is 1. The molecule has 0 heterocycles. The summed E-state index contributed by atoms with van der Waals surface area (Å²) in [6.45, 7) is 4.13. The smallest absolute Gasteiger partial charge is 0.116 e. The van der Waals surface area contributed by atoms with Crippen molar-refractivity contribution in [2.75, 3.05) is 0 Å². The zero-order valence-electron chi connectivity index (χ0n) is 10.8. The monoisotopic (exact) mass is 235 g/mol. The van der Waals surface area contributed by atoms with Crippen LogP contribution in [-0.4, -0.2) is 11.7 Å². The van der Waals surface area contributed by atoms with Crippen LogP contribution < -0.4 is 5.73 Å². The molecule has 0 aromatic heterocycles. The lowest BCUT2D eigenvalue weighted by Gasteiger charge is -2.34. The van der Waals surface area contributed by atoms with Crippen molar-refractivity contribution in [3.63, 3.8) is 0 Å². The third kappa shape index (κ3) is 2.86. The molecule has 0 spiro atoms. The summed E-state index contributed by atoms with van der Waals surface area (Å²) in [6.07, 6.45) is 3.59. The van der Waals surface area contributed by atoms with Gasteiger partial charge in [0.25, 0.3) is 0 Å². The lowest BCUT2D eigenvalue weighted by Crippen LogP contribution is -2.39. The standard InChI is InChI=1S/C15H22FN/c1-11-5-3-6-12(2)14(11)10-15(16)8-4-7-13(17)9-15/h3,5-6,13H,4,7-10,17H2,1-2H3. The molecular formula is C15H22FN. The minimum absolute atomic E-state index is 0.0399.